The smallest absolute Gasteiger partial charge is 0.0738 e. The van der Waals surface area contributed by atoms with Gasteiger partial charge in [0.15, 0.2) is 0 Å². The second-order valence-corrected chi connectivity index (χ2v) is 4.93. The van der Waals surface area contributed by atoms with E-state index in [1.165, 1.54) is 51.4 Å². The van der Waals surface area contributed by atoms with Gasteiger partial charge < -0.3 is 4.74 Å². The molecule has 68 valence electrons. The third-order valence-corrected chi connectivity index (χ3v) is 4.41. The Balaban J connectivity index is 1.87. The van der Waals surface area contributed by atoms with Crippen LogP contribution in [0.1, 0.15) is 51.4 Å². The van der Waals surface area contributed by atoms with E-state index in [0.717, 1.165) is 6.61 Å². The topological polar surface area (TPSA) is 9.23 Å². The third kappa shape index (κ3) is 0.783. The summed E-state index contributed by atoms with van der Waals surface area (Å²) in [7, 11) is 0. The van der Waals surface area contributed by atoms with E-state index in [4.69, 9.17) is 4.74 Å². The minimum absolute atomic E-state index is 0.380. The summed E-state index contributed by atoms with van der Waals surface area (Å²) in [5.41, 5.74) is 1.07. The Morgan fingerprint density at radius 3 is 2.25 bits per heavy atom. The molecule has 1 aliphatic heterocycles. The van der Waals surface area contributed by atoms with E-state index in [0.29, 0.717) is 11.0 Å². The zero-order chi connectivity index (χ0) is 8.07. The molecule has 3 rings (SSSR count). The van der Waals surface area contributed by atoms with Crippen LogP contribution in [0.15, 0.2) is 0 Å². The van der Waals surface area contributed by atoms with Gasteiger partial charge in [-0.15, -0.1) is 0 Å². The molecular formula is C11H18O. The molecule has 0 amide bonds. The normalized spacial score (nSPS) is 44.0. The average Bonchev–Trinajstić information content (AvgIpc) is 2.80. The number of hydrogen-bond acceptors (Lipinski definition) is 1. The third-order valence-electron chi connectivity index (χ3n) is 4.41. The molecule has 0 aromatic carbocycles. The Morgan fingerprint density at radius 2 is 1.58 bits per heavy atom. The van der Waals surface area contributed by atoms with Crippen molar-refractivity contribution in [1.82, 2.24) is 0 Å². The summed E-state index contributed by atoms with van der Waals surface area (Å²) >= 11 is 0. The lowest BCUT2D eigenvalue weighted by Crippen LogP contribution is -2.41. The van der Waals surface area contributed by atoms with Crippen molar-refractivity contribution in [1.29, 1.82) is 0 Å². The maximum atomic E-state index is 6.10. The maximum absolute atomic E-state index is 6.10. The van der Waals surface area contributed by atoms with Gasteiger partial charge in [-0.1, -0.05) is 0 Å². The molecule has 0 aromatic heterocycles. The molecule has 12 heavy (non-hydrogen) atoms. The first kappa shape index (κ1) is 7.37. The lowest BCUT2D eigenvalue weighted by Gasteiger charge is -2.39. The second-order valence-electron chi connectivity index (χ2n) is 4.93. The van der Waals surface area contributed by atoms with Crippen LogP contribution < -0.4 is 0 Å². The Bertz CT molecular complexity index is 187. The zero-order valence-corrected chi connectivity index (χ0v) is 7.77. The summed E-state index contributed by atoms with van der Waals surface area (Å²) in [6, 6.07) is 0. The summed E-state index contributed by atoms with van der Waals surface area (Å²) in [6.07, 6.45) is 11.3. The molecule has 1 heterocycles. The van der Waals surface area contributed by atoms with Gasteiger partial charge in [-0.3, -0.25) is 0 Å². The van der Waals surface area contributed by atoms with E-state index < -0.39 is 0 Å². The van der Waals surface area contributed by atoms with Gasteiger partial charge in [0.1, 0.15) is 0 Å². The van der Waals surface area contributed by atoms with Crippen molar-refractivity contribution in [2.45, 2.75) is 57.0 Å². The molecule has 0 bridgehead atoms. The zero-order valence-electron chi connectivity index (χ0n) is 7.77. The van der Waals surface area contributed by atoms with Gasteiger partial charge >= 0.3 is 0 Å². The molecule has 0 N–H and O–H groups in total. The van der Waals surface area contributed by atoms with E-state index in [-0.39, 0.29) is 0 Å². The fourth-order valence-electron chi connectivity index (χ4n) is 3.53. The molecule has 0 radical (unpaired) electrons. The van der Waals surface area contributed by atoms with E-state index in [1.807, 2.05) is 0 Å². The first-order valence-corrected chi connectivity index (χ1v) is 5.51. The van der Waals surface area contributed by atoms with Crippen molar-refractivity contribution in [3.8, 4) is 0 Å². The van der Waals surface area contributed by atoms with Crippen LogP contribution in [0, 0.1) is 5.41 Å². The molecule has 2 aliphatic carbocycles. The highest BCUT2D eigenvalue weighted by Gasteiger charge is 2.62. The highest BCUT2D eigenvalue weighted by molar-refractivity contribution is 5.13. The predicted octanol–water partition coefficient (Wildman–Crippen LogP) is 2.89. The Hall–Kier alpha value is -0.0400. The van der Waals surface area contributed by atoms with Crippen molar-refractivity contribution in [3.05, 3.63) is 0 Å². The lowest BCUT2D eigenvalue weighted by molar-refractivity contribution is -0.111. The Labute approximate surface area is 74.5 Å². The van der Waals surface area contributed by atoms with Crippen LogP contribution >= 0.6 is 0 Å². The van der Waals surface area contributed by atoms with Crippen LogP contribution in [0.5, 0.6) is 0 Å². The van der Waals surface area contributed by atoms with Crippen LogP contribution in [0.2, 0.25) is 0 Å². The van der Waals surface area contributed by atoms with Crippen LogP contribution in [-0.2, 0) is 4.74 Å². The van der Waals surface area contributed by atoms with Gasteiger partial charge in [0.2, 0.25) is 0 Å². The van der Waals surface area contributed by atoms with Gasteiger partial charge in [0, 0.05) is 6.61 Å². The van der Waals surface area contributed by atoms with E-state index in [9.17, 15) is 0 Å². The predicted molar refractivity (Wildman–Crippen MR) is 48.1 cm³/mol. The summed E-state index contributed by atoms with van der Waals surface area (Å²) in [6.45, 7) is 1.04. The standard InChI is InChI=1S/C11H18O/c1-2-9-12-11(5-1)6-3-4-10(11)7-8-10/h1-9H2/t11-/m0/s1. The van der Waals surface area contributed by atoms with Crippen molar-refractivity contribution < 1.29 is 4.74 Å². The summed E-state index contributed by atoms with van der Waals surface area (Å²) in [4.78, 5) is 0. The largest absolute Gasteiger partial charge is 0.374 e. The van der Waals surface area contributed by atoms with Crippen LogP contribution in [0.4, 0.5) is 0 Å². The fourth-order valence-corrected chi connectivity index (χ4v) is 3.53. The van der Waals surface area contributed by atoms with Crippen LogP contribution in [0.25, 0.3) is 0 Å². The number of fused-ring (bicyclic) bond motifs is 1. The first-order valence-electron chi connectivity index (χ1n) is 5.51. The Kier molecular flexibility index (Phi) is 1.39. The molecular weight excluding hydrogens is 148 g/mol. The van der Waals surface area contributed by atoms with E-state index >= 15 is 0 Å². The molecule has 3 fully saturated rings. The maximum Gasteiger partial charge on any atom is 0.0738 e. The molecule has 2 saturated carbocycles. The minimum atomic E-state index is 0.380. The lowest BCUT2D eigenvalue weighted by atomic mass is 9.81. The van der Waals surface area contributed by atoms with Crippen molar-refractivity contribution in [3.63, 3.8) is 0 Å². The molecule has 0 unspecified atom stereocenters. The van der Waals surface area contributed by atoms with Gasteiger partial charge in [-0.25, -0.2) is 0 Å². The van der Waals surface area contributed by atoms with Crippen LogP contribution in [0.3, 0.4) is 0 Å². The second kappa shape index (κ2) is 2.25. The number of ether oxygens (including phenoxy) is 1. The molecule has 1 heteroatoms. The molecule has 1 saturated heterocycles. The summed E-state index contributed by atoms with van der Waals surface area (Å²) in [5, 5.41) is 0. The molecule has 1 atom stereocenters. The summed E-state index contributed by atoms with van der Waals surface area (Å²) < 4.78 is 6.10. The van der Waals surface area contributed by atoms with Gasteiger partial charge in [0.25, 0.3) is 0 Å². The first-order chi connectivity index (χ1) is 5.87. The highest BCUT2D eigenvalue weighted by Crippen LogP contribution is 2.66. The van der Waals surface area contributed by atoms with Crippen molar-refractivity contribution in [2.24, 2.45) is 5.41 Å². The molecule has 0 aromatic rings. The average molecular weight is 166 g/mol. The molecule has 2 spiro atoms. The SMILES string of the molecule is C1CC[C@@]2(CCCC23CC3)OC1. The highest BCUT2D eigenvalue weighted by atomic mass is 16.5. The number of hydrogen-bond donors (Lipinski definition) is 0. The molecule has 3 aliphatic rings. The molecule has 1 nitrogen and oxygen atoms in total. The van der Waals surface area contributed by atoms with Crippen molar-refractivity contribution >= 4 is 0 Å². The van der Waals surface area contributed by atoms with Crippen molar-refractivity contribution in [2.75, 3.05) is 6.61 Å². The van der Waals surface area contributed by atoms with Gasteiger partial charge in [0.05, 0.1) is 5.60 Å². The fraction of sp³-hybridized carbons (Fsp3) is 1.00. The van der Waals surface area contributed by atoms with E-state index in [2.05, 4.69) is 0 Å². The van der Waals surface area contributed by atoms with Gasteiger partial charge in [-0.2, -0.15) is 0 Å². The minimum Gasteiger partial charge on any atom is -0.374 e. The quantitative estimate of drug-likeness (QED) is 0.537. The Morgan fingerprint density at radius 1 is 0.750 bits per heavy atom. The van der Waals surface area contributed by atoms with Gasteiger partial charge in [-0.05, 0) is 56.8 Å². The van der Waals surface area contributed by atoms with E-state index in [1.54, 1.807) is 0 Å². The van der Waals surface area contributed by atoms with Crippen LogP contribution in [-0.4, -0.2) is 12.2 Å². The summed E-state index contributed by atoms with van der Waals surface area (Å²) in [5.74, 6) is 0. The monoisotopic (exact) mass is 166 g/mol. The number of rotatable bonds is 0.